The number of hydrogen-bond acceptors (Lipinski definition) is 3. The summed E-state index contributed by atoms with van der Waals surface area (Å²) in [7, 11) is 3.80. The highest BCUT2D eigenvalue weighted by Crippen LogP contribution is 2.13. The summed E-state index contributed by atoms with van der Waals surface area (Å²) < 4.78 is 0. The van der Waals surface area contributed by atoms with Crippen LogP contribution in [-0.4, -0.2) is 51.1 Å². The molecular formula is C10H21N3O. The molecule has 0 bridgehead atoms. The maximum absolute atomic E-state index is 11.9. The average molecular weight is 199 g/mol. The molecule has 1 fully saturated rings. The first-order valence-electron chi connectivity index (χ1n) is 5.36. The molecule has 0 unspecified atom stereocenters. The van der Waals surface area contributed by atoms with Gasteiger partial charge in [-0.1, -0.05) is 0 Å². The van der Waals surface area contributed by atoms with Gasteiger partial charge in [0.15, 0.2) is 0 Å². The van der Waals surface area contributed by atoms with E-state index in [0.29, 0.717) is 5.91 Å². The van der Waals surface area contributed by atoms with Gasteiger partial charge < -0.3 is 15.5 Å². The van der Waals surface area contributed by atoms with Crippen molar-refractivity contribution >= 4 is 5.91 Å². The normalized spacial score (nSPS) is 18.1. The van der Waals surface area contributed by atoms with Gasteiger partial charge >= 0.3 is 0 Å². The fourth-order valence-electron chi connectivity index (χ4n) is 1.77. The van der Waals surface area contributed by atoms with Gasteiger partial charge in [-0.2, -0.15) is 0 Å². The number of rotatable bonds is 4. The predicted molar refractivity (Wildman–Crippen MR) is 57.2 cm³/mol. The Labute approximate surface area is 86.0 Å². The van der Waals surface area contributed by atoms with Crippen molar-refractivity contribution in [1.82, 2.24) is 15.5 Å². The van der Waals surface area contributed by atoms with Crippen LogP contribution in [0.1, 0.15) is 12.8 Å². The van der Waals surface area contributed by atoms with Gasteiger partial charge in [-0.15, -0.1) is 0 Å². The molecule has 0 aromatic rings. The lowest BCUT2D eigenvalue weighted by Gasteiger charge is -2.26. The first-order valence-corrected chi connectivity index (χ1v) is 5.36. The van der Waals surface area contributed by atoms with Crippen molar-refractivity contribution in [3.63, 3.8) is 0 Å². The van der Waals surface area contributed by atoms with Gasteiger partial charge in [0, 0.05) is 26.1 Å². The zero-order chi connectivity index (χ0) is 10.4. The highest BCUT2D eigenvalue weighted by atomic mass is 16.2. The Balaban J connectivity index is 2.30. The molecule has 1 heterocycles. The molecule has 1 aliphatic heterocycles. The number of nitrogens with zero attached hydrogens (tertiary/aromatic N) is 1. The van der Waals surface area contributed by atoms with E-state index in [4.69, 9.17) is 0 Å². The summed E-state index contributed by atoms with van der Waals surface area (Å²) in [6.07, 6.45) is 1.98. The number of hydrogen-bond donors (Lipinski definition) is 2. The molecule has 0 aromatic heterocycles. The Morgan fingerprint density at radius 1 is 1.50 bits per heavy atom. The van der Waals surface area contributed by atoms with E-state index >= 15 is 0 Å². The number of carbonyl (C=O) groups is 1. The maximum Gasteiger partial charge on any atom is 0.225 e. The number of likely N-dealkylation sites (N-methyl/N-ethyl adjacent to an activating group) is 2. The second kappa shape index (κ2) is 5.98. The Kier molecular flexibility index (Phi) is 4.90. The SMILES string of the molecule is CNCCN(C)C(=O)C1CCNCC1. The average Bonchev–Trinajstić information content (AvgIpc) is 2.26. The Morgan fingerprint density at radius 2 is 2.14 bits per heavy atom. The van der Waals surface area contributed by atoms with Gasteiger partial charge in [-0.3, -0.25) is 4.79 Å². The molecule has 0 spiro atoms. The topological polar surface area (TPSA) is 44.4 Å². The molecule has 2 N–H and O–H groups in total. The Bertz CT molecular complexity index is 178. The molecule has 0 saturated carbocycles. The number of nitrogens with one attached hydrogen (secondary N) is 2. The van der Waals surface area contributed by atoms with Gasteiger partial charge in [0.05, 0.1) is 0 Å². The van der Waals surface area contributed by atoms with Crippen molar-refractivity contribution in [3.8, 4) is 0 Å². The van der Waals surface area contributed by atoms with E-state index in [9.17, 15) is 4.79 Å². The molecule has 1 rings (SSSR count). The smallest absolute Gasteiger partial charge is 0.225 e. The van der Waals surface area contributed by atoms with Crippen molar-refractivity contribution in [1.29, 1.82) is 0 Å². The zero-order valence-corrected chi connectivity index (χ0v) is 9.18. The van der Waals surface area contributed by atoms with Crippen LogP contribution in [0.4, 0.5) is 0 Å². The van der Waals surface area contributed by atoms with Crippen molar-refractivity contribution in [2.24, 2.45) is 5.92 Å². The summed E-state index contributed by atoms with van der Waals surface area (Å²) in [5.41, 5.74) is 0. The number of carbonyl (C=O) groups excluding carboxylic acids is 1. The van der Waals surface area contributed by atoms with Crippen molar-refractivity contribution in [3.05, 3.63) is 0 Å². The molecule has 1 amide bonds. The summed E-state index contributed by atoms with van der Waals surface area (Å²) in [5.74, 6) is 0.555. The van der Waals surface area contributed by atoms with Crippen LogP contribution in [-0.2, 0) is 4.79 Å². The molecule has 14 heavy (non-hydrogen) atoms. The molecule has 1 saturated heterocycles. The monoisotopic (exact) mass is 199 g/mol. The quantitative estimate of drug-likeness (QED) is 0.651. The predicted octanol–water partition coefficient (Wildman–Crippen LogP) is -0.336. The van der Waals surface area contributed by atoms with Crippen LogP contribution in [0.15, 0.2) is 0 Å². The molecule has 4 nitrogen and oxygen atoms in total. The molecule has 0 aromatic carbocycles. The van der Waals surface area contributed by atoms with E-state index in [1.54, 1.807) is 0 Å². The van der Waals surface area contributed by atoms with E-state index in [0.717, 1.165) is 39.0 Å². The van der Waals surface area contributed by atoms with Crippen LogP contribution in [0, 0.1) is 5.92 Å². The lowest BCUT2D eigenvalue weighted by molar-refractivity contribution is -0.134. The Hall–Kier alpha value is -0.610. The zero-order valence-electron chi connectivity index (χ0n) is 9.18. The van der Waals surface area contributed by atoms with Crippen LogP contribution in [0.5, 0.6) is 0 Å². The van der Waals surface area contributed by atoms with E-state index in [1.807, 2.05) is 19.0 Å². The number of amides is 1. The largest absolute Gasteiger partial charge is 0.344 e. The molecular weight excluding hydrogens is 178 g/mol. The molecule has 1 aliphatic rings. The van der Waals surface area contributed by atoms with Crippen LogP contribution in [0.3, 0.4) is 0 Å². The molecule has 4 heteroatoms. The lowest BCUT2D eigenvalue weighted by atomic mass is 9.97. The van der Waals surface area contributed by atoms with Gasteiger partial charge in [0.25, 0.3) is 0 Å². The summed E-state index contributed by atoms with van der Waals surface area (Å²) in [6, 6.07) is 0. The van der Waals surface area contributed by atoms with Gasteiger partial charge in [-0.05, 0) is 33.0 Å². The van der Waals surface area contributed by atoms with E-state index in [-0.39, 0.29) is 5.92 Å². The maximum atomic E-state index is 11.9. The van der Waals surface area contributed by atoms with Gasteiger partial charge in [-0.25, -0.2) is 0 Å². The first kappa shape index (κ1) is 11.5. The summed E-state index contributed by atoms with van der Waals surface area (Å²) in [4.78, 5) is 13.7. The fourth-order valence-corrected chi connectivity index (χ4v) is 1.77. The fraction of sp³-hybridized carbons (Fsp3) is 0.900. The second-order valence-corrected chi connectivity index (χ2v) is 3.89. The Morgan fingerprint density at radius 3 is 2.71 bits per heavy atom. The molecule has 0 aliphatic carbocycles. The van der Waals surface area contributed by atoms with E-state index < -0.39 is 0 Å². The minimum Gasteiger partial charge on any atom is -0.344 e. The highest BCUT2D eigenvalue weighted by molar-refractivity contribution is 5.78. The first-order chi connectivity index (χ1) is 6.75. The standard InChI is InChI=1S/C10H21N3O/c1-11-7-8-13(2)10(14)9-3-5-12-6-4-9/h9,11-12H,3-8H2,1-2H3. The van der Waals surface area contributed by atoms with Crippen LogP contribution in [0.2, 0.25) is 0 Å². The second-order valence-electron chi connectivity index (χ2n) is 3.89. The van der Waals surface area contributed by atoms with Crippen molar-refractivity contribution in [2.75, 3.05) is 40.3 Å². The lowest BCUT2D eigenvalue weighted by Crippen LogP contribution is -2.41. The third kappa shape index (κ3) is 3.27. The van der Waals surface area contributed by atoms with Gasteiger partial charge in [0.2, 0.25) is 5.91 Å². The molecule has 0 radical (unpaired) electrons. The highest BCUT2D eigenvalue weighted by Gasteiger charge is 2.23. The van der Waals surface area contributed by atoms with Crippen molar-refractivity contribution < 1.29 is 4.79 Å². The summed E-state index contributed by atoms with van der Waals surface area (Å²) in [6.45, 7) is 3.64. The van der Waals surface area contributed by atoms with E-state index in [2.05, 4.69) is 10.6 Å². The molecule has 82 valence electrons. The van der Waals surface area contributed by atoms with Crippen LogP contribution < -0.4 is 10.6 Å². The third-order valence-corrected chi connectivity index (χ3v) is 2.76. The van der Waals surface area contributed by atoms with E-state index in [1.165, 1.54) is 0 Å². The third-order valence-electron chi connectivity index (χ3n) is 2.76. The van der Waals surface area contributed by atoms with Crippen molar-refractivity contribution in [2.45, 2.75) is 12.8 Å². The molecule has 0 atom stereocenters. The summed E-state index contributed by atoms with van der Waals surface area (Å²) >= 11 is 0. The summed E-state index contributed by atoms with van der Waals surface area (Å²) in [5, 5.41) is 6.32. The minimum atomic E-state index is 0.248. The van der Waals surface area contributed by atoms with Crippen LogP contribution >= 0.6 is 0 Å². The minimum absolute atomic E-state index is 0.248. The number of piperidine rings is 1. The van der Waals surface area contributed by atoms with Crippen LogP contribution in [0.25, 0.3) is 0 Å². The van der Waals surface area contributed by atoms with Gasteiger partial charge in [0.1, 0.15) is 0 Å².